The van der Waals surface area contributed by atoms with Crippen LogP contribution in [0.3, 0.4) is 0 Å². The minimum absolute atomic E-state index is 0.298. The van der Waals surface area contributed by atoms with E-state index in [2.05, 4.69) is 57.7 Å². The minimum atomic E-state index is 0.298. The van der Waals surface area contributed by atoms with Crippen LogP contribution in [0, 0.1) is 0 Å². The van der Waals surface area contributed by atoms with Crippen LogP contribution in [-0.2, 0) is 12.4 Å². The molecule has 1 atom stereocenters. The highest BCUT2D eigenvalue weighted by atomic mass is 35.5. The summed E-state index contributed by atoms with van der Waals surface area (Å²) in [7, 11) is 2.16. The molecule has 5 heteroatoms. The standard InChI is InChI=1S/C19H23ClN4/c1-3-16(14-23(2)13-15-8-5-4-6-9-15)24-18(12-20)22-17-10-7-11-21-19(17)24/h4-11,16H,3,12-14H2,1-2H3/t16-/m1/s1. The van der Waals surface area contributed by atoms with Crippen LogP contribution in [0.15, 0.2) is 48.7 Å². The molecule has 3 rings (SSSR count). The highest BCUT2D eigenvalue weighted by Crippen LogP contribution is 2.24. The summed E-state index contributed by atoms with van der Waals surface area (Å²) in [5.74, 6) is 1.29. The van der Waals surface area contributed by atoms with Crippen LogP contribution in [0.1, 0.15) is 30.8 Å². The second kappa shape index (κ2) is 7.77. The molecule has 0 fully saturated rings. The monoisotopic (exact) mass is 342 g/mol. The van der Waals surface area contributed by atoms with E-state index in [9.17, 15) is 0 Å². The van der Waals surface area contributed by atoms with Gasteiger partial charge in [-0.05, 0) is 31.2 Å². The zero-order valence-corrected chi connectivity index (χ0v) is 14.9. The molecule has 2 aromatic heterocycles. The van der Waals surface area contributed by atoms with Gasteiger partial charge in [0.15, 0.2) is 5.65 Å². The molecule has 24 heavy (non-hydrogen) atoms. The van der Waals surface area contributed by atoms with E-state index < -0.39 is 0 Å². The van der Waals surface area contributed by atoms with E-state index >= 15 is 0 Å². The average molecular weight is 343 g/mol. The smallest absolute Gasteiger partial charge is 0.160 e. The van der Waals surface area contributed by atoms with E-state index in [1.807, 2.05) is 24.4 Å². The summed E-state index contributed by atoms with van der Waals surface area (Å²) in [5.41, 5.74) is 3.16. The first-order valence-electron chi connectivity index (χ1n) is 8.33. The number of likely N-dealkylation sites (N-methyl/N-ethyl adjacent to an activating group) is 1. The Hall–Kier alpha value is -1.91. The molecule has 0 radical (unpaired) electrons. The number of pyridine rings is 1. The number of alkyl halides is 1. The summed E-state index contributed by atoms with van der Waals surface area (Å²) < 4.78 is 2.21. The van der Waals surface area contributed by atoms with Crippen molar-refractivity contribution in [3.05, 3.63) is 60.0 Å². The molecular weight excluding hydrogens is 320 g/mol. The molecule has 2 heterocycles. The maximum atomic E-state index is 6.15. The lowest BCUT2D eigenvalue weighted by atomic mass is 10.1. The van der Waals surface area contributed by atoms with Crippen molar-refractivity contribution >= 4 is 22.8 Å². The SMILES string of the molecule is CC[C@H](CN(C)Cc1ccccc1)n1c(CCl)nc2cccnc21. The van der Waals surface area contributed by atoms with Crippen LogP contribution in [0.5, 0.6) is 0 Å². The van der Waals surface area contributed by atoms with Crippen LogP contribution in [-0.4, -0.2) is 33.0 Å². The molecule has 0 saturated carbocycles. The first-order chi connectivity index (χ1) is 11.7. The third-order valence-electron chi connectivity index (χ3n) is 4.30. The van der Waals surface area contributed by atoms with Gasteiger partial charge < -0.3 is 9.47 Å². The van der Waals surface area contributed by atoms with Crippen LogP contribution in [0.4, 0.5) is 0 Å². The fourth-order valence-electron chi connectivity index (χ4n) is 3.17. The first kappa shape index (κ1) is 16.9. The van der Waals surface area contributed by atoms with Crippen molar-refractivity contribution in [2.45, 2.75) is 31.8 Å². The van der Waals surface area contributed by atoms with Gasteiger partial charge >= 0.3 is 0 Å². The molecule has 0 unspecified atom stereocenters. The van der Waals surface area contributed by atoms with Crippen LogP contribution in [0.25, 0.3) is 11.2 Å². The van der Waals surface area contributed by atoms with E-state index in [0.29, 0.717) is 11.9 Å². The normalized spacial score (nSPS) is 12.8. The van der Waals surface area contributed by atoms with Gasteiger partial charge in [-0.3, -0.25) is 0 Å². The summed E-state index contributed by atoms with van der Waals surface area (Å²) in [4.78, 5) is 11.5. The summed E-state index contributed by atoms with van der Waals surface area (Å²) >= 11 is 6.15. The molecule has 0 bridgehead atoms. The van der Waals surface area contributed by atoms with Crippen LogP contribution < -0.4 is 0 Å². The van der Waals surface area contributed by atoms with Crippen molar-refractivity contribution in [3.63, 3.8) is 0 Å². The number of fused-ring (bicyclic) bond motifs is 1. The predicted octanol–water partition coefficient (Wildman–Crippen LogP) is 4.25. The van der Waals surface area contributed by atoms with Gasteiger partial charge in [0, 0.05) is 25.3 Å². The summed E-state index contributed by atoms with van der Waals surface area (Å²) in [6.07, 6.45) is 2.82. The molecule has 0 aliphatic heterocycles. The quantitative estimate of drug-likeness (QED) is 0.602. The summed E-state index contributed by atoms with van der Waals surface area (Å²) in [6, 6.07) is 14.8. The molecule has 0 spiro atoms. The molecule has 4 nitrogen and oxygen atoms in total. The number of hydrogen-bond donors (Lipinski definition) is 0. The lowest BCUT2D eigenvalue weighted by molar-refractivity contribution is 0.264. The molecular formula is C19H23ClN4. The second-order valence-electron chi connectivity index (χ2n) is 6.12. The average Bonchev–Trinajstić information content (AvgIpc) is 2.99. The third-order valence-corrected chi connectivity index (χ3v) is 4.53. The number of aromatic nitrogens is 3. The van der Waals surface area contributed by atoms with Gasteiger partial charge in [0.2, 0.25) is 0 Å². The predicted molar refractivity (Wildman–Crippen MR) is 99.2 cm³/mol. The van der Waals surface area contributed by atoms with Gasteiger partial charge in [-0.25, -0.2) is 9.97 Å². The fourth-order valence-corrected chi connectivity index (χ4v) is 3.36. The van der Waals surface area contributed by atoms with E-state index in [1.165, 1.54) is 5.56 Å². The second-order valence-corrected chi connectivity index (χ2v) is 6.39. The molecule has 0 aliphatic rings. The van der Waals surface area contributed by atoms with Crippen molar-refractivity contribution in [1.82, 2.24) is 19.4 Å². The number of imidazole rings is 1. The fraction of sp³-hybridized carbons (Fsp3) is 0.368. The molecule has 0 saturated heterocycles. The van der Waals surface area contributed by atoms with Crippen molar-refractivity contribution in [3.8, 4) is 0 Å². The Balaban J connectivity index is 1.83. The van der Waals surface area contributed by atoms with Gasteiger partial charge in [-0.15, -0.1) is 11.6 Å². The van der Waals surface area contributed by atoms with Crippen LogP contribution in [0.2, 0.25) is 0 Å². The van der Waals surface area contributed by atoms with Gasteiger partial charge in [-0.1, -0.05) is 37.3 Å². The summed E-state index contributed by atoms with van der Waals surface area (Å²) in [5, 5.41) is 0. The van der Waals surface area contributed by atoms with Gasteiger partial charge in [0.25, 0.3) is 0 Å². The van der Waals surface area contributed by atoms with Gasteiger partial charge in [0.05, 0.1) is 5.88 Å². The summed E-state index contributed by atoms with van der Waals surface area (Å²) in [6.45, 7) is 4.05. The Labute approximate surface area is 148 Å². The van der Waals surface area contributed by atoms with Gasteiger partial charge in [-0.2, -0.15) is 0 Å². The maximum Gasteiger partial charge on any atom is 0.160 e. The molecule has 0 N–H and O–H groups in total. The lowest BCUT2D eigenvalue weighted by Gasteiger charge is -2.25. The van der Waals surface area contributed by atoms with E-state index in [1.54, 1.807) is 0 Å². The molecule has 126 valence electrons. The maximum absolute atomic E-state index is 6.15. The first-order valence-corrected chi connectivity index (χ1v) is 8.86. The lowest BCUT2D eigenvalue weighted by Crippen LogP contribution is -2.28. The number of rotatable bonds is 7. The van der Waals surface area contributed by atoms with Crippen molar-refractivity contribution in [1.29, 1.82) is 0 Å². The molecule has 3 aromatic rings. The van der Waals surface area contributed by atoms with Crippen molar-refractivity contribution in [2.75, 3.05) is 13.6 Å². The number of hydrogen-bond acceptors (Lipinski definition) is 3. The number of benzene rings is 1. The molecule has 0 aliphatic carbocycles. The topological polar surface area (TPSA) is 34.0 Å². The molecule has 1 aromatic carbocycles. The van der Waals surface area contributed by atoms with E-state index in [-0.39, 0.29) is 0 Å². The minimum Gasteiger partial charge on any atom is -0.307 e. The Bertz CT molecular complexity index is 784. The van der Waals surface area contributed by atoms with Crippen LogP contribution >= 0.6 is 11.6 Å². The Morgan fingerprint density at radius 1 is 1.17 bits per heavy atom. The Morgan fingerprint density at radius 2 is 1.96 bits per heavy atom. The zero-order valence-electron chi connectivity index (χ0n) is 14.2. The van der Waals surface area contributed by atoms with E-state index in [4.69, 9.17) is 11.6 Å². The Kier molecular flexibility index (Phi) is 5.48. The number of halogens is 1. The van der Waals surface area contributed by atoms with Crippen molar-refractivity contribution < 1.29 is 0 Å². The number of nitrogens with zero attached hydrogens (tertiary/aromatic N) is 4. The highest BCUT2D eigenvalue weighted by molar-refractivity contribution is 6.16. The molecule has 0 amide bonds. The zero-order chi connectivity index (χ0) is 16.9. The van der Waals surface area contributed by atoms with E-state index in [0.717, 1.165) is 36.5 Å². The Morgan fingerprint density at radius 3 is 2.67 bits per heavy atom. The highest BCUT2D eigenvalue weighted by Gasteiger charge is 2.19. The third kappa shape index (κ3) is 3.60. The largest absolute Gasteiger partial charge is 0.307 e. The van der Waals surface area contributed by atoms with Gasteiger partial charge in [0.1, 0.15) is 11.3 Å². The van der Waals surface area contributed by atoms with Crippen molar-refractivity contribution in [2.24, 2.45) is 0 Å².